The van der Waals surface area contributed by atoms with Crippen molar-refractivity contribution in [3.8, 4) is 11.5 Å². The second kappa shape index (κ2) is 6.47. The van der Waals surface area contributed by atoms with Crippen LogP contribution in [0.5, 0.6) is 11.5 Å². The van der Waals surface area contributed by atoms with Crippen molar-refractivity contribution in [1.29, 1.82) is 0 Å². The van der Waals surface area contributed by atoms with Gasteiger partial charge in [0.2, 0.25) is 0 Å². The highest BCUT2D eigenvalue weighted by atomic mass is 16.5. The number of carboxylic acid groups (broad SMARTS) is 1. The molecule has 4 atom stereocenters. The highest BCUT2D eigenvalue weighted by molar-refractivity contribution is 5.86. The Morgan fingerprint density at radius 1 is 0.800 bits per heavy atom. The van der Waals surface area contributed by atoms with Crippen LogP contribution in [0.3, 0.4) is 0 Å². The molecular formula is C19H18O6. The molecule has 1 saturated carbocycles. The predicted octanol–water partition coefficient (Wildman–Crippen LogP) is 2.47. The minimum Gasteiger partial charge on any atom is -0.508 e. The molecule has 0 aromatic heterocycles. The standard InChI is InChI=1S/C19H18O6/c1-25-19(24)17-15(11-4-8-13(21)9-5-11)14(16(17)18(22)23)10-2-6-12(20)7-3-10/h2-9,14-17,20-21H,1H3,(H,22,23)/t14-,15-,16+,17+/m1/s1. The van der Waals surface area contributed by atoms with Gasteiger partial charge in [0.25, 0.3) is 0 Å². The fraction of sp³-hybridized carbons (Fsp3) is 0.263. The van der Waals surface area contributed by atoms with Gasteiger partial charge in [-0.2, -0.15) is 0 Å². The molecule has 0 bridgehead atoms. The van der Waals surface area contributed by atoms with Crippen molar-refractivity contribution >= 4 is 11.9 Å². The van der Waals surface area contributed by atoms with Crippen LogP contribution in [0.4, 0.5) is 0 Å². The van der Waals surface area contributed by atoms with E-state index in [4.69, 9.17) is 4.74 Å². The lowest BCUT2D eigenvalue weighted by Gasteiger charge is -2.49. The van der Waals surface area contributed by atoms with Gasteiger partial charge < -0.3 is 20.1 Å². The van der Waals surface area contributed by atoms with Crippen LogP contribution in [0.25, 0.3) is 0 Å². The van der Waals surface area contributed by atoms with Crippen molar-refractivity contribution in [3.63, 3.8) is 0 Å². The minimum atomic E-state index is -1.07. The number of methoxy groups -OCH3 is 1. The monoisotopic (exact) mass is 342 g/mol. The molecule has 0 aliphatic heterocycles. The van der Waals surface area contributed by atoms with Gasteiger partial charge >= 0.3 is 11.9 Å². The lowest BCUT2D eigenvalue weighted by atomic mass is 9.52. The summed E-state index contributed by atoms with van der Waals surface area (Å²) in [4.78, 5) is 24.0. The molecule has 2 aromatic carbocycles. The number of ether oxygens (including phenoxy) is 1. The van der Waals surface area contributed by atoms with Crippen LogP contribution >= 0.6 is 0 Å². The highest BCUT2D eigenvalue weighted by Gasteiger charge is 2.59. The number of benzene rings is 2. The van der Waals surface area contributed by atoms with E-state index in [1.165, 1.54) is 31.4 Å². The lowest BCUT2D eigenvalue weighted by molar-refractivity contribution is -0.166. The molecule has 25 heavy (non-hydrogen) atoms. The maximum Gasteiger partial charge on any atom is 0.310 e. The Balaban J connectivity index is 2.07. The van der Waals surface area contributed by atoms with E-state index < -0.39 is 35.6 Å². The smallest absolute Gasteiger partial charge is 0.310 e. The summed E-state index contributed by atoms with van der Waals surface area (Å²) >= 11 is 0. The summed E-state index contributed by atoms with van der Waals surface area (Å²) in [6, 6.07) is 12.7. The number of carboxylic acids is 1. The maximum atomic E-state index is 12.2. The zero-order valence-electron chi connectivity index (χ0n) is 13.5. The van der Waals surface area contributed by atoms with Crippen molar-refractivity contribution in [3.05, 3.63) is 59.7 Å². The second-order valence-electron chi connectivity index (χ2n) is 6.15. The number of phenolic OH excluding ortho intramolecular Hbond substituents is 2. The average molecular weight is 342 g/mol. The van der Waals surface area contributed by atoms with Gasteiger partial charge in [-0.25, -0.2) is 0 Å². The van der Waals surface area contributed by atoms with Crippen molar-refractivity contribution in [2.24, 2.45) is 11.8 Å². The Morgan fingerprint density at radius 3 is 1.56 bits per heavy atom. The average Bonchev–Trinajstić information content (AvgIpc) is 2.57. The molecule has 130 valence electrons. The number of phenols is 2. The van der Waals surface area contributed by atoms with Crippen LogP contribution < -0.4 is 0 Å². The first-order valence-electron chi connectivity index (χ1n) is 7.82. The number of rotatable bonds is 4. The number of carbonyl (C=O) groups excluding carboxylic acids is 1. The number of esters is 1. The third-order valence-corrected chi connectivity index (χ3v) is 4.86. The minimum absolute atomic E-state index is 0.0839. The second-order valence-corrected chi connectivity index (χ2v) is 6.15. The summed E-state index contributed by atoms with van der Waals surface area (Å²) < 4.78 is 4.82. The summed E-state index contributed by atoms with van der Waals surface area (Å²) in [7, 11) is 1.24. The molecule has 0 amide bonds. The molecule has 6 heteroatoms. The third-order valence-electron chi connectivity index (χ3n) is 4.86. The molecule has 0 saturated heterocycles. The van der Waals surface area contributed by atoms with E-state index in [0.717, 1.165) is 11.1 Å². The molecule has 0 heterocycles. The molecule has 1 aliphatic rings. The van der Waals surface area contributed by atoms with Gasteiger partial charge in [0.15, 0.2) is 0 Å². The van der Waals surface area contributed by atoms with E-state index in [9.17, 15) is 24.9 Å². The Labute approximate surface area is 144 Å². The Bertz CT molecular complexity index is 781. The van der Waals surface area contributed by atoms with Gasteiger partial charge in [-0.1, -0.05) is 24.3 Å². The van der Waals surface area contributed by atoms with Gasteiger partial charge in [0, 0.05) is 11.8 Å². The largest absolute Gasteiger partial charge is 0.508 e. The molecule has 6 nitrogen and oxygen atoms in total. The number of hydrogen-bond acceptors (Lipinski definition) is 5. The SMILES string of the molecule is COC(=O)[C@@H]1[C@@H](C(=O)O)[C@H](c2ccc(O)cc2)[C@H]1c1ccc(O)cc1. The van der Waals surface area contributed by atoms with Gasteiger partial charge in [-0.05, 0) is 35.4 Å². The van der Waals surface area contributed by atoms with E-state index >= 15 is 0 Å². The lowest BCUT2D eigenvalue weighted by Crippen LogP contribution is -2.51. The molecule has 0 unspecified atom stereocenters. The first-order chi connectivity index (χ1) is 11.9. The van der Waals surface area contributed by atoms with E-state index in [-0.39, 0.29) is 11.5 Å². The normalized spacial score (nSPS) is 25.0. The van der Waals surface area contributed by atoms with Crippen LogP contribution in [0.15, 0.2) is 48.5 Å². The predicted molar refractivity (Wildman–Crippen MR) is 88.3 cm³/mol. The van der Waals surface area contributed by atoms with E-state index in [2.05, 4.69) is 0 Å². The van der Waals surface area contributed by atoms with E-state index in [1.54, 1.807) is 24.3 Å². The quantitative estimate of drug-likeness (QED) is 0.738. The summed E-state index contributed by atoms with van der Waals surface area (Å²) in [6.45, 7) is 0. The highest BCUT2D eigenvalue weighted by Crippen LogP contribution is 2.58. The molecule has 3 N–H and O–H groups in total. The molecule has 1 fully saturated rings. The van der Waals surface area contributed by atoms with E-state index in [1.807, 2.05) is 0 Å². The Morgan fingerprint density at radius 2 is 1.20 bits per heavy atom. The molecular weight excluding hydrogens is 324 g/mol. The van der Waals surface area contributed by atoms with Gasteiger partial charge in [-0.3, -0.25) is 9.59 Å². The van der Waals surface area contributed by atoms with Crippen molar-refractivity contribution in [2.45, 2.75) is 11.8 Å². The Kier molecular flexibility index (Phi) is 4.35. The van der Waals surface area contributed by atoms with Crippen molar-refractivity contribution < 1.29 is 29.6 Å². The zero-order valence-corrected chi connectivity index (χ0v) is 13.5. The first-order valence-corrected chi connectivity index (χ1v) is 7.82. The number of carbonyl (C=O) groups is 2. The first kappa shape index (κ1) is 16.8. The molecule has 3 rings (SSSR count). The molecule has 0 radical (unpaired) electrons. The van der Waals surface area contributed by atoms with Crippen LogP contribution in [0.2, 0.25) is 0 Å². The van der Waals surface area contributed by atoms with E-state index in [0.29, 0.717) is 0 Å². The van der Waals surface area contributed by atoms with Crippen LogP contribution in [-0.2, 0) is 14.3 Å². The summed E-state index contributed by atoms with van der Waals surface area (Å²) in [5, 5.41) is 28.6. The van der Waals surface area contributed by atoms with Gasteiger partial charge in [-0.15, -0.1) is 0 Å². The van der Waals surface area contributed by atoms with Gasteiger partial charge in [0.1, 0.15) is 11.5 Å². The van der Waals surface area contributed by atoms with Crippen LogP contribution in [0.1, 0.15) is 23.0 Å². The van der Waals surface area contributed by atoms with Gasteiger partial charge in [0.05, 0.1) is 18.9 Å². The maximum absolute atomic E-state index is 12.2. The van der Waals surface area contributed by atoms with Crippen LogP contribution in [0, 0.1) is 11.8 Å². The number of aromatic hydroxyl groups is 2. The number of hydrogen-bond donors (Lipinski definition) is 3. The summed E-state index contributed by atoms with van der Waals surface area (Å²) in [6.07, 6.45) is 0. The van der Waals surface area contributed by atoms with Crippen molar-refractivity contribution in [2.75, 3.05) is 7.11 Å². The zero-order chi connectivity index (χ0) is 18.1. The topological polar surface area (TPSA) is 104 Å². The molecule has 2 aromatic rings. The number of aliphatic carboxylic acids is 1. The summed E-state index contributed by atoms with van der Waals surface area (Å²) in [5.41, 5.74) is 1.48. The summed E-state index contributed by atoms with van der Waals surface area (Å²) in [5.74, 6) is -4.02. The molecule has 0 spiro atoms. The fourth-order valence-electron chi connectivity index (χ4n) is 3.71. The fourth-order valence-corrected chi connectivity index (χ4v) is 3.71. The Hall–Kier alpha value is -3.02. The third kappa shape index (κ3) is 2.91. The molecule has 1 aliphatic carbocycles. The van der Waals surface area contributed by atoms with Crippen LogP contribution in [-0.4, -0.2) is 34.4 Å². The van der Waals surface area contributed by atoms with Crippen molar-refractivity contribution in [1.82, 2.24) is 0 Å².